The molecular weight excluding hydrogens is 356 g/mol. The summed E-state index contributed by atoms with van der Waals surface area (Å²) in [6.07, 6.45) is 0. The minimum Gasteiger partial charge on any atom is -0.480 e. The number of aromatic nitrogens is 3. The van der Waals surface area contributed by atoms with Crippen molar-refractivity contribution in [1.82, 2.24) is 20.1 Å². The van der Waals surface area contributed by atoms with Gasteiger partial charge in [-0.2, -0.15) is 5.10 Å². The van der Waals surface area contributed by atoms with Crippen molar-refractivity contribution in [1.29, 1.82) is 0 Å². The molecule has 3 aromatic heterocycles. The highest BCUT2D eigenvalue weighted by Gasteiger charge is 2.24. The summed E-state index contributed by atoms with van der Waals surface area (Å²) in [7, 11) is 3.14. The van der Waals surface area contributed by atoms with Crippen molar-refractivity contribution in [2.75, 3.05) is 13.7 Å². The molecule has 0 fully saturated rings. The number of rotatable bonds is 6. The van der Waals surface area contributed by atoms with Crippen LogP contribution in [0.15, 0.2) is 23.6 Å². The molecule has 3 aromatic rings. The summed E-state index contributed by atoms with van der Waals surface area (Å²) >= 11 is 1.51. The van der Waals surface area contributed by atoms with Gasteiger partial charge in [0.1, 0.15) is 0 Å². The lowest BCUT2D eigenvalue weighted by Gasteiger charge is -2.14. The third kappa shape index (κ3) is 3.31. The van der Waals surface area contributed by atoms with Crippen molar-refractivity contribution in [3.8, 4) is 10.6 Å². The second-order valence-corrected chi connectivity index (χ2v) is 6.71. The van der Waals surface area contributed by atoms with E-state index < -0.39 is 17.9 Å². The first kappa shape index (κ1) is 18.0. The molecule has 0 aliphatic rings. The van der Waals surface area contributed by atoms with Crippen LogP contribution >= 0.6 is 11.3 Å². The Morgan fingerprint density at radius 1 is 1.46 bits per heavy atom. The third-order valence-electron chi connectivity index (χ3n) is 3.92. The molecule has 0 saturated heterocycles. The van der Waals surface area contributed by atoms with Crippen LogP contribution in [0, 0.1) is 6.92 Å². The van der Waals surface area contributed by atoms with Gasteiger partial charge in [0, 0.05) is 14.2 Å². The zero-order valence-electron chi connectivity index (χ0n) is 14.5. The normalized spacial score (nSPS) is 12.3. The van der Waals surface area contributed by atoms with Gasteiger partial charge < -0.3 is 15.2 Å². The number of methoxy groups -OCH3 is 1. The number of nitrogens with zero attached hydrogens (tertiary/aromatic N) is 3. The summed E-state index contributed by atoms with van der Waals surface area (Å²) in [4.78, 5) is 29.7. The maximum atomic E-state index is 12.8. The summed E-state index contributed by atoms with van der Waals surface area (Å²) in [6.45, 7) is 1.66. The lowest BCUT2D eigenvalue weighted by atomic mass is 10.1. The number of carbonyl (C=O) groups excluding carboxylic acids is 1. The van der Waals surface area contributed by atoms with Crippen molar-refractivity contribution in [3.63, 3.8) is 0 Å². The first-order valence-corrected chi connectivity index (χ1v) is 8.71. The van der Waals surface area contributed by atoms with E-state index in [4.69, 9.17) is 4.74 Å². The molecular formula is C17H18N4O4S. The van der Waals surface area contributed by atoms with Gasteiger partial charge in [0.15, 0.2) is 11.7 Å². The molecule has 0 saturated carbocycles. The van der Waals surface area contributed by atoms with Crippen molar-refractivity contribution < 1.29 is 19.4 Å². The second kappa shape index (κ2) is 7.22. The van der Waals surface area contributed by atoms with Crippen LogP contribution < -0.4 is 5.32 Å². The highest BCUT2D eigenvalue weighted by atomic mass is 32.1. The Kier molecular flexibility index (Phi) is 5.01. The number of fused-ring (bicyclic) bond motifs is 1. The summed E-state index contributed by atoms with van der Waals surface area (Å²) in [5.41, 5.74) is 2.19. The van der Waals surface area contributed by atoms with E-state index in [0.717, 1.165) is 4.88 Å². The molecule has 1 unspecified atom stereocenters. The first-order chi connectivity index (χ1) is 12.4. The molecule has 136 valence electrons. The van der Waals surface area contributed by atoms with Gasteiger partial charge in [-0.15, -0.1) is 11.3 Å². The van der Waals surface area contributed by atoms with Crippen molar-refractivity contribution in [2.45, 2.75) is 13.0 Å². The fraction of sp³-hybridized carbons (Fsp3) is 0.294. The highest BCUT2D eigenvalue weighted by Crippen LogP contribution is 2.29. The van der Waals surface area contributed by atoms with Crippen LogP contribution in [0.25, 0.3) is 21.6 Å². The Morgan fingerprint density at radius 2 is 2.23 bits per heavy atom. The predicted molar refractivity (Wildman–Crippen MR) is 97.3 cm³/mol. The number of carboxylic acids is 1. The van der Waals surface area contributed by atoms with Crippen molar-refractivity contribution in [2.24, 2.45) is 7.05 Å². The largest absolute Gasteiger partial charge is 0.480 e. The van der Waals surface area contributed by atoms with Gasteiger partial charge in [-0.25, -0.2) is 9.78 Å². The summed E-state index contributed by atoms with van der Waals surface area (Å²) < 4.78 is 6.49. The number of aryl methyl sites for hydroxylation is 2. The number of ether oxygens (including phenoxy) is 1. The monoisotopic (exact) mass is 374 g/mol. The van der Waals surface area contributed by atoms with Gasteiger partial charge in [-0.05, 0) is 24.4 Å². The Bertz CT molecular complexity index is 965. The fourth-order valence-corrected chi connectivity index (χ4v) is 3.44. The quantitative estimate of drug-likeness (QED) is 0.682. The third-order valence-corrected chi connectivity index (χ3v) is 4.82. The van der Waals surface area contributed by atoms with E-state index in [1.807, 2.05) is 17.5 Å². The molecule has 0 aliphatic heterocycles. The van der Waals surface area contributed by atoms with Gasteiger partial charge in [0.05, 0.1) is 33.8 Å². The van der Waals surface area contributed by atoms with E-state index in [2.05, 4.69) is 15.4 Å². The SMILES string of the molecule is COCC(NC(=O)c1cc(-c2cccs2)nc2c1c(C)nn2C)C(=O)O. The summed E-state index contributed by atoms with van der Waals surface area (Å²) in [5, 5.41) is 18.6. The zero-order chi connectivity index (χ0) is 18.8. The van der Waals surface area contributed by atoms with Crippen molar-refractivity contribution >= 4 is 34.2 Å². The van der Waals surface area contributed by atoms with Crippen LogP contribution in [0.4, 0.5) is 0 Å². The number of carboxylic acid groups (broad SMARTS) is 1. The molecule has 0 spiro atoms. The van der Waals surface area contributed by atoms with E-state index in [1.54, 1.807) is 24.7 Å². The Labute approximate surface area is 153 Å². The fourth-order valence-electron chi connectivity index (χ4n) is 2.75. The number of thiophene rings is 1. The molecule has 1 atom stereocenters. The van der Waals surface area contributed by atoms with Gasteiger partial charge in [0.2, 0.25) is 0 Å². The first-order valence-electron chi connectivity index (χ1n) is 7.83. The van der Waals surface area contributed by atoms with E-state index in [9.17, 15) is 14.7 Å². The van der Waals surface area contributed by atoms with Crippen LogP contribution in [0.1, 0.15) is 16.1 Å². The molecule has 1 amide bonds. The Morgan fingerprint density at radius 3 is 2.85 bits per heavy atom. The van der Waals surface area contributed by atoms with Crippen LogP contribution in [0.3, 0.4) is 0 Å². The molecule has 3 heterocycles. The standard InChI is InChI=1S/C17H18N4O4S/c1-9-14-10(16(22)19-12(8-25-3)17(23)24)7-11(13-5-4-6-26-13)18-15(14)21(2)20-9/h4-7,12H,8H2,1-3H3,(H,19,22)(H,23,24). The van der Waals surface area contributed by atoms with Crippen LogP contribution in [-0.2, 0) is 16.6 Å². The zero-order valence-corrected chi connectivity index (χ0v) is 15.3. The number of carbonyl (C=O) groups is 2. The molecule has 0 bridgehead atoms. The van der Waals surface area contributed by atoms with E-state index in [-0.39, 0.29) is 6.61 Å². The number of aliphatic carboxylic acids is 1. The molecule has 3 rings (SSSR count). The molecule has 0 aliphatic carbocycles. The number of amides is 1. The summed E-state index contributed by atoms with van der Waals surface area (Å²) in [6, 6.07) is 4.34. The average molecular weight is 374 g/mol. The van der Waals surface area contributed by atoms with Gasteiger partial charge in [-0.3, -0.25) is 9.48 Å². The van der Waals surface area contributed by atoms with Crippen LogP contribution in [0.5, 0.6) is 0 Å². The maximum Gasteiger partial charge on any atom is 0.328 e. The van der Waals surface area contributed by atoms with Gasteiger partial charge in [-0.1, -0.05) is 6.07 Å². The maximum absolute atomic E-state index is 12.8. The lowest BCUT2D eigenvalue weighted by Crippen LogP contribution is -2.43. The Hall–Kier alpha value is -2.78. The molecule has 8 nitrogen and oxygen atoms in total. The molecule has 2 N–H and O–H groups in total. The minimum atomic E-state index is -1.16. The Balaban J connectivity index is 2.11. The molecule has 9 heteroatoms. The minimum absolute atomic E-state index is 0.126. The van der Waals surface area contributed by atoms with E-state index in [0.29, 0.717) is 28.0 Å². The van der Waals surface area contributed by atoms with Crippen molar-refractivity contribution in [3.05, 3.63) is 34.8 Å². The number of nitrogens with one attached hydrogen (secondary N) is 1. The average Bonchev–Trinajstić information content (AvgIpc) is 3.22. The topological polar surface area (TPSA) is 106 Å². The van der Waals surface area contributed by atoms with Crippen LogP contribution in [-0.4, -0.2) is 51.5 Å². The second-order valence-electron chi connectivity index (χ2n) is 5.76. The summed E-state index contributed by atoms with van der Waals surface area (Å²) in [5.74, 6) is -1.66. The number of hydrogen-bond donors (Lipinski definition) is 2. The molecule has 26 heavy (non-hydrogen) atoms. The smallest absolute Gasteiger partial charge is 0.328 e. The van der Waals surface area contributed by atoms with Crippen LogP contribution in [0.2, 0.25) is 0 Å². The van der Waals surface area contributed by atoms with E-state index in [1.165, 1.54) is 18.4 Å². The number of pyridine rings is 1. The number of hydrogen-bond acceptors (Lipinski definition) is 6. The highest BCUT2D eigenvalue weighted by molar-refractivity contribution is 7.13. The van der Waals surface area contributed by atoms with Gasteiger partial charge >= 0.3 is 5.97 Å². The molecule has 0 radical (unpaired) electrons. The van der Waals surface area contributed by atoms with E-state index >= 15 is 0 Å². The predicted octanol–water partition coefficient (Wildman–Crippen LogP) is 1.83. The molecule has 0 aromatic carbocycles. The van der Waals surface area contributed by atoms with Gasteiger partial charge in [0.25, 0.3) is 5.91 Å². The lowest BCUT2D eigenvalue weighted by molar-refractivity contribution is -0.140.